The molecule has 1 aromatic carbocycles. The van der Waals surface area contributed by atoms with Gasteiger partial charge in [0.2, 0.25) is 0 Å². The predicted molar refractivity (Wildman–Crippen MR) is 131 cm³/mol. The number of fused-ring (bicyclic) bond motifs is 1. The maximum Gasteiger partial charge on any atom is 0.257 e. The highest BCUT2D eigenvalue weighted by Crippen LogP contribution is 2.39. The topological polar surface area (TPSA) is 79.8 Å². The van der Waals surface area contributed by atoms with Crippen LogP contribution in [-0.2, 0) is 4.74 Å². The number of methoxy groups -OCH3 is 1. The third-order valence-corrected chi connectivity index (χ3v) is 7.56. The maximum absolute atomic E-state index is 13.0. The number of anilines is 3. The zero-order chi connectivity index (χ0) is 21.9. The lowest BCUT2D eigenvalue weighted by Crippen LogP contribution is -2.36. The predicted octanol–water partition coefficient (Wildman–Crippen LogP) is 3.34. The van der Waals surface area contributed by atoms with Crippen LogP contribution in [0, 0.1) is 0 Å². The van der Waals surface area contributed by atoms with Gasteiger partial charge in [0.25, 0.3) is 5.91 Å². The van der Waals surface area contributed by atoms with Gasteiger partial charge in [0.05, 0.1) is 30.7 Å². The second kappa shape index (κ2) is 9.51. The van der Waals surface area contributed by atoms with E-state index < -0.39 is 0 Å². The van der Waals surface area contributed by atoms with Crippen LogP contribution in [0.4, 0.5) is 16.6 Å². The lowest BCUT2D eigenvalue weighted by atomic mass is 10.2. The average molecular weight is 472 g/mol. The Morgan fingerprint density at radius 3 is 2.72 bits per heavy atom. The molecule has 5 rings (SSSR count). The van der Waals surface area contributed by atoms with Crippen molar-refractivity contribution in [3.05, 3.63) is 36.0 Å². The Bertz CT molecular complexity index is 1110. The first-order chi connectivity index (χ1) is 15.7. The number of rotatable bonds is 5. The van der Waals surface area contributed by atoms with E-state index in [0.29, 0.717) is 29.7 Å². The molecule has 0 spiro atoms. The third-order valence-electron chi connectivity index (χ3n) is 5.62. The number of carbonyl (C=O) groups excluding carboxylic acids is 1. The first-order valence-electron chi connectivity index (χ1n) is 10.6. The molecule has 2 aromatic heterocycles. The summed E-state index contributed by atoms with van der Waals surface area (Å²) in [6, 6.07) is 7.59. The molecule has 1 N–H and O–H groups in total. The van der Waals surface area contributed by atoms with Gasteiger partial charge in [0.15, 0.2) is 5.13 Å². The summed E-state index contributed by atoms with van der Waals surface area (Å²) in [5, 5.41) is 3.53. The molecule has 3 aromatic rings. The molecule has 0 bridgehead atoms. The number of nitrogens with one attached hydrogen (secondary N) is 1. The average Bonchev–Trinajstić information content (AvgIpc) is 3.28. The van der Waals surface area contributed by atoms with Gasteiger partial charge in [-0.1, -0.05) is 11.3 Å². The Hall–Kier alpha value is -2.56. The van der Waals surface area contributed by atoms with Crippen molar-refractivity contribution >= 4 is 55.9 Å². The van der Waals surface area contributed by atoms with Crippen LogP contribution >= 0.6 is 23.1 Å². The molecular formula is C22H25N5O3S2. The molecule has 0 aliphatic carbocycles. The molecule has 1 amide bonds. The highest BCUT2D eigenvalue weighted by atomic mass is 32.2. The maximum atomic E-state index is 13.0. The van der Waals surface area contributed by atoms with E-state index >= 15 is 0 Å². The lowest BCUT2D eigenvalue weighted by molar-refractivity contribution is 0.102. The number of benzene rings is 1. The van der Waals surface area contributed by atoms with E-state index in [1.165, 1.54) is 11.3 Å². The molecule has 2 saturated heterocycles. The molecule has 4 heterocycles. The van der Waals surface area contributed by atoms with Gasteiger partial charge in [-0.15, -0.1) is 0 Å². The van der Waals surface area contributed by atoms with Gasteiger partial charge in [-0.3, -0.25) is 10.1 Å². The number of thiazole rings is 1. The Balaban J connectivity index is 1.41. The third kappa shape index (κ3) is 4.35. The van der Waals surface area contributed by atoms with Crippen molar-refractivity contribution in [2.24, 2.45) is 0 Å². The normalized spacial score (nSPS) is 16.9. The van der Waals surface area contributed by atoms with Crippen LogP contribution in [-0.4, -0.2) is 73.9 Å². The number of carbonyl (C=O) groups is 1. The summed E-state index contributed by atoms with van der Waals surface area (Å²) in [5.41, 5.74) is 2.43. The van der Waals surface area contributed by atoms with Crippen molar-refractivity contribution in [1.29, 1.82) is 0 Å². The summed E-state index contributed by atoms with van der Waals surface area (Å²) in [6.07, 6.45) is 1.70. The number of aromatic nitrogens is 2. The second-order valence-electron chi connectivity index (χ2n) is 7.54. The summed E-state index contributed by atoms with van der Waals surface area (Å²) < 4.78 is 12.0. The van der Waals surface area contributed by atoms with Crippen molar-refractivity contribution in [3.8, 4) is 5.75 Å². The second-order valence-corrected chi connectivity index (χ2v) is 9.76. The quantitative estimate of drug-likeness (QED) is 0.607. The number of thioether (sulfide) groups is 1. The van der Waals surface area contributed by atoms with Crippen LogP contribution in [0.1, 0.15) is 10.4 Å². The van der Waals surface area contributed by atoms with Gasteiger partial charge in [0.1, 0.15) is 17.1 Å². The smallest absolute Gasteiger partial charge is 0.257 e. The van der Waals surface area contributed by atoms with E-state index in [2.05, 4.69) is 26.2 Å². The molecule has 168 valence electrons. The van der Waals surface area contributed by atoms with Crippen LogP contribution < -0.4 is 19.9 Å². The SMILES string of the molecule is COc1ccc(N2CCOCC2)c2sc(NC(=O)c3ccnc(N4CCSCC4)c3)nc12. The summed E-state index contributed by atoms with van der Waals surface area (Å²) in [7, 11) is 1.64. The summed E-state index contributed by atoms with van der Waals surface area (Å²) >= 11 is 3.41. The van der Waals surface area contributed by atoms with Crippen LogP contribution in [0.15, 0.2) is 30.5 Å². The molecule has 2 aliphatic heterocycles. The summed E-state index contributed by atoms with van der Waals surface area (Å²) in [4.78, 5) is 26.7. The van der Waals surface area contributed by atoms with Gasteiger partial charge in [0, 0.05) is 49.4 Å². The first kappa shape index (κ1) is 21.3. The molecule has 2 aliphatic rings. The Morgan fingerprint density at radius 1 is 1.12 bits per heavy atom. The van der Waals surface area contributed by atoms with Crippen LogP contribution in [0.3, 0.4) is 0 Å². The largest absolute Gasteiger partial charge is 0.494 e. The van der Waals surface area contributed by atoms with E-state index in [1.54, 1.807) is 19.4 Å². The fourth-order valence-electron chi connectivity index (χ4n) is 3.94. The lowest BCUT2D eigenvalue weighted by Gasteiger charge is -2.29. The Kier molecular flexibility index (Phi) is 6.33. The number of amides is 1. The molecular weight excluding hydrogens is 446 g/mol. The zero-order valence-corrected chi connectivity index (χ0v) is 19.5. The molecule has 0 atom stereocenters. The summed E-state index contributed by atoms with van der Waals surface area (Å²) in [5.74, 6) is 3.52. The molecule has 10 heteroatoms. The fraction of sp³-hybridized carbons (Fsp3) is 0.409. The minimum atomic E-state index is -0.189. The number of hydrogen-bond acceptors (Lipinski definition) is 9. The molecule has 8 nitrogen and oxygen atoms in total. The number of nitrogens with zero attached hydrogens (tertiary/aromatic N) is 4. The van der Waals surface area contributed by atoms with Crippen molar-refractivity contribution in [1.82, 2.24) is 9.97 Å². The Labute approximate surface area is 194 Å². The van der Waals surface area contributed by atoms with Gasteiger partial charge in [-0.05, 0) is 24.3 Å². The van der Waals surface area contributed by atoms with Crippen LogP contribution in [0.25, 0.3) is 10.2 Å². The molecule has 32 heavy (non-hydrogen) atoms. The van der Waals surface area contributed by atoms with Crippen LogP contribution in [0.2, 0.25) is 0 Å². The summed E-state index contributed by atoms with van der Waals surface area (Å²) in [6.45, 7) is 4.97. The minimum Gasteiger partial charge on any atom is -0.494 e. The standard InChI is InChI=1S/C22H25N5O3S2/c1-29-17-3-2-16(26-6-10-30-11-7-26)20-19(17)24-22(32-20)25-21(28)15-4-5-23-18(14-15)27-8-12-31-13-9-27/h2-5,14H,6-13H2,1H3,(H,24,25,28). The monoisotopic (exact) mass is 471 g/mol. The van der Waals surface area contributed by atoms with Gasteiger partial charge < -0.3 is 19.3 Å². The minimum absolute atomic E-state index is 0.189. The van der Waals surface area contributed by atoms with Gasteiger partial charge in [-0.2, -0.15) is 11.8 Å². The van der Waals surface area contributed by atoms with E-state index in [0.717, 1.165) is 59.4 Å². The number of morpholine rings is 1. The van der Waals surface area contributed by atoms with E-state index in [4.69, 9.17) is 14.5 Å². The van der Waals surface area contributed by atoms with E-state index in [1.807, 2.05) is 23.9 Å². The zero-order valence-electron chi connectivity index (χ0n) is 17.9. The van der Waals surface area contributed by atoms with E-state index in [-0.39, 0.29) is 5.91 Å². The Morgan fingerprint density at radius 2 is 1.94 bits per heavy atom. The molecule has 2 fully saturated rings. The van der Waals surface area contributed by atoms with Crippen molar-refractivity contribution < 1.29 is 14.3 Å². The van der Waals surface area contributed by atoms with Crippen molar-refractivity contribution in [2.45, 2.75) is 0 Å². The molecule has 0 unspecified atom stereocenters. The fourth-order valence-corrected chi connectivity index (χ4v) is 5.86. The first-order valence-corrected chi connectivity index (χ1v) is 12.6. The highest BCUT2D eigenvalue weighted by molar-refractivity contribution is 7.99. The van der Waals surface area contributed by atoms with E-state index in [9.17, 15) is 4.79 Å². The van der Waals surface area contributed by atoms with Crippen molar-refractivity contribution in [3.63, 3.8) is 0 Å². The highest BCUT2D eigenvalue weighted by Gasteiger charge is 2.21. The van der Waals surface area contributed by atoms with Crippen molar-refractivity contribution in [2.75, 3.05) is 73.1 Å². The van der Waals surface area contributed by atoms with Gasteiger partial charge in [-0.25, -0.2) is 9.97 Å². The molecule has 0 saturated carbocycles. The number of hydrogen-bond donors (Lipinski definition) is 1. The van der Waals surface area contributed by atoms with Crippen LogP contribution in [0.5, 0.6) is 5.75 Å². The number of ether oxygens (including phenoxy) is 2. The molecule has 0 radical (unpaired) electrons. The van der Waals surface area contributed by atoms with Gasteiger partial charge >= 0.3 is 0 Å². The number of pyridine rings is 1.